The number of pyridine rings is 2. The molecule has 3 heterocycles. The van der Waals surface area contributed by atoms with Crippen LogP contribution in [0, 0.1) is 6.92 Å². The van der Waals surface area contributed by atoms with Crippen molar-refractivity contribution in [2.75, 3.05) is 41.7 Å². The molecule has 2 N–H and O–H groups in total. The van der Waals surface area contributed by atoms with E-state index in [9.17, 15) is 0 Å². The molecule has 0 radical (unpaired) electrons. The van der Waals surface area contributed by atoms with Gasteiger partial charge in [-0.2, -0.15) is 0 Å². The smallest absolute Gasteiger partial charge is 0.128 e. The summed E-state index contributed by atoms with van der Waals surface area (Å²) in [6, 6.07) is 8.00. The van der Waals surface area contributed by atoms with Gasteiger partial charge in [-0.3, -0.25) is 0 Å². The minimum absolute atomic E-state index is 0.701. The zero-order chi connectivity index (χ0) is 14.8. The summed E-state index contributed by atoms with van der Waals surface area (Å²) in [4.78, 5) is 13.6. The van der Waals surface area contributed by atoms with Crippen LogP contribution in [-0.2, 0) is 0 Å². The lowest BCUT2D eigenvalue weighted by molar-refractivity contribution is 0.641. The first kappa shape index (κ1) is 14.1. The largest absolute Gasteiger partial charge is 0.397 e. The molecule has 0 bridgehead atoms. The Morgan fingerprint density at radius 3 is 2.19 bits per heavy atom. The van der Waals surface area contributed by atoms with Crippen LogP contribution in [0.25, 0.3) is 0 Å². The highest BCUT2D eigenvalue weighted by molar-refractivity contribution is 9.10. The number of hydrogen-bond acceptors (Lipinski definition) is 5. The molecule has 0 aromatic carbocycles. The lowest BCUT2D eigenvalue weighted by atomic mass is 10.3. The molecule has 1 fully saturated rings. The fourth-order valence-electron chi connectivity index (χ4n) is 2.46. The van der Waals surface area contributed by atoms with Crippen molar-refractivity contribution in [3.05, 3.63) is 40.6 Å². The number of nitrogens with zero attached hydrogens (tertiary/aromatic N) is 4. The van der Waals surface area contributed by atoms with Gasteiger partial charge in [0.2, 0.25) is 0 Å². The van der Waals surface area contributed by atoms with E-state index >= 15 is 0 Å². The van der Waals surface area contributed by atoms with Crippen LogP contribution in [-0.4, -0.2) is 36.1 Å². The highest BCUT2D eigenvalue weighted by Gasteiger charge is 2.19. The molecule has 1 aliphatic rings. The highest BCUT2D eigenvalue weighted by Crippen LogP contribution is 2.21. The molecule has 6 heteroatoms. The van der Waals surface area contributed by atoms with E-state index in [4.69, 9.17) is 5.73 Å². The van der Waals surface area contributed by atoms with Gasteiger partial charge in [-0.25, -0.2) is 9.97 Å². The predicted octanol–water partition coefficient (Wildman–Crippen LogP) is 2.46. The van der Waals surface area contributed by atoms with Crippen LogP contribution in [0.3, 0.4) is 0 Å². The minimum Gasteiger partial charge on any atom is -0.397 e. The van der Waals surface area contributed by atoms with E-state index in [1.165, 1.54) is 0 Å². The molecule has 2 aromatic rings. The Hall–Kier alpha value is -1.82. The Balaban J connectivity index is 1.67. The van der Waals surface area contributed by atoms with Gasteiger partial charge in [0.15, 0.2) is 0 Å². The van der Waals surface area contributed by atoms with Crippen LogP contribution in [0.1, 0.15) is 5.69 Å². The average molecular weight is 348 g/mol. The number of nitrogens with two attached hydrogens (primary N) is 1. The van der Waals surface area contributed by atoms with Gasteiger partial charge in [0.05, 0.1) is 17.6 Å². The van der Waals surface area contributed by atoms with Gasteiger partial charge < -0.3 is 15.5 Å². The Morgan fingerprint density at radius 2 is 1.62 bits per heavy atom. The van der Waals surface area contributed by atoms with Crippen LogP contribution in [0.5, 0.6) is 0 Å². The lowest BCUT2D eigenvalue weighted by Crippen LogP contribution is -2.47. The van der Waals surface area contributed by atoms with Gasteiger partial charge in [-0.05, 0) is 47.1 Å². The molecule has 110 valence electrons. The maximum atomic E-state index is 5.68. The number of aromatic nitrogens is 2. The van der Waals surface area contributed by atoms with E-state index in [0.29, 0.717) is 5.69 Å². The second-order valence-electron chi connectivity index (χ2n) is 5.16. The first-order valence-corrected chi connectivity index (χ1v) is 7.77. The van der Waals surface area contributed by atoms with Gasteiger partial charge in [-0.15, -0.1) is 0 Å². The molecular formula is C15H18BrN5. The molecule has 0 unspecified atom stereocenters. The maximum Gasteiger partial charge on any atom is 0.128 e. The second kappa shape index (κ2) is 5.89. The molecule has 1 saturated heterocycles. The van der Waals surface area contributed by atoms with E-state index in [0.717, 1.165) is 48.0 Å². The summed E-state index contributed by atoms with van der Waals surface area (Å²) in [5.41, 5.74) is 7.40. The summed E-state index contributed by atoms with van der Waals surface area (Å²) < 4.78 is 1.05. The minimum atomic E-state index is 0.701. The van der Waals surface area contributed by atoms with Crippen molar-refractivity contribution in [3.63, 3.8) is 0 Å². The molecule has 3 rings (SSSR count). The van der Waals surface area contributed by atoms with Gasteiger partial charge >= 0.3 is 0 Å². The summed E-state index contributed by atoms with van der Waals surface area (Å²) in [6.07, 6.45) is 1.71. The Bertz CT molecular complexity index is 620. The van der Waals surface area contributed by atoms with Gasteiger partial charge in [0.25, 0.3) is 0 Å². The maximum absolute atomic E-state index is 5.68. The Kier molecular flexibility index (Phi) is 3.96. The average Bonchev–Trinajstić information content (AvgIpc) is 2.51. The Morgan fingerprint density at radius 1 is 1.00 bits per heavy atom. The van der Waals surface area contributed by atoms with E-state index in [2.05, 4.69) is 47.8 Å². The summed E-state index contributed by atoms with van der Waals surface area (Å²) in [5.74, 6) is 2.03. The third-order valence-corrected chi connectivity index (χ3v) is 4.54. The van der Waals surface area contributed by atoms with E-state index in [1.54, 1.807) is 6.20 Å². The van der Waals surface area contributed by atoms with Crippen molar-refractivity contribution < 1.29 is 0 Å². The summed E-state index contributed by atoms with van der Waals surface area (Å²) in [5, 5.41) is 0. The SMILES string of the molecule is Cc1nc(N2CCN(c3ccc(N)cn3)CC2)ccc1Br. The van der Waals surface area contributed by atoms with E-state index < -0.39 is 0 Å². The van der Waals surface area contributed by atoms with Crippen molar-refractivity contribution in [1.82, 2.24) is 9.97 Å². The van der Waals surface area contributed by atoms with Crippen molar-refractivity contribution in [1.29, 1.82) is 0 Å². The third kappa shape index (κ3) is 3.10. The quantitative estimate of drug-likeness (QED) is 0.904. The molecule has 0 atom stereocenters. The predicted molar refractivity (Wildman–Crippen MR) is 89.7 cm³/mol. The zero-order valence-electron chi connectivity index (χ0n) is 12.0. The van der Waals surface area contributed by atoms with Crippen molar-refractivity contribution in [3.8, 4) is 0 Å². The highest BCUT2D eigenvalue weighted by atomic mass is 79.9. The molecular weight excluding hydrogens is 330 g/mol. The van der Waals surface area contributed by atoms with Gasteiger partial charge in [-0.1, -0.05) is 0 Å². The first-order valence-electron chi connectivity index (χ1n) is 6.98. The molecule has 1 aliphatic heterocycles. The summed E-state index contributed by atoms with van der Waals surface area (Å²) in [6.45, 7) is 5.78. The third-order valence-electron chi connectivity index (χ3n) is 3.71. The topological polar surface area (TPSA) is 58.3 Å². The van der Waals surface area contributed by atoms with Crippen LogP contribution < -0.4 is 15.5 Å². The Labute approximate surface area is 132 Å². The van der Waals surface area contributed by atoms with Crippen molar-refractivity contribution in [2.24, 2.45) is 0 Å². The number of nitrogen functional groups attached to an aromatic ring is 1. The van der Waals surface area contributed by atoms with Crippen LogP contribution >= 0.6 is 15.9 Å². The lowest BCUT2D eigenvalue weighted by Gasteiger charge is -2.36. The molecule has 0 aliphatic carbocycles. The normalized spacial score (nSPS) is 15.3. The number of hydrogen-bond donors (Lipinski definition) is 1. The van der Waals surface area contributed by atoms with Crippen molar-refractivity contribution >= 4 is 33.3 Å². The van der Waals surface area contributed by atoms with Gasteiger partial charge in [0, 0.05) is 30.7 Å². The fourth-order valence-corrected chi connectivity index (χ4v) is 2.68. The standard InChI is InChI=1S/C15H18BrN5/c1-11-13(16)3-5-15(19-11)21-8-6-20(7-9-21)14-4-2-12(17)10-18-14/h2-5,10H,6-9,17H2,1H3. The number of rotatable bonds is 2. The van der Waals surface area contributed by atoms with E-state index in [1.807, 2.05) is 19.1 Å². The molecule has 21 heavy (non-hydrogen) atoms. The molecule has 0 spiro atoms. The number of halogens is 1. The number of anilines is 3. The zero-order valence-corrected chi connectivity index (χ0v) is 13.5. The monoisotopic (exact) mass is 347 g/mol. The summed E-state index contributed by atoms with van der Waals surface area (Å²) >= 11 is 3.49. The second-order valence-corrected chi connectivity index (χ2v) is 6.01. The van der Waals surface area contributed by atoms with Crippen molar-refractivity contribution in [2.45, 2.75) is 6.92 Å². The first-order chi connectivity index (χ1) is 10.1. The molecule has 2 aromatic heterocycles. The number of piperazine rings is 1. The van der Waals surface area contributed by atoms with Crippen LogP contribution in [0.2, 0.25) is 0 Å². The molecule has 0 amide bonds. The number of aryl methyl sites for hydroxylation is 1. The van der Waals surface area contributed by atoms with Gasteiger partial charge in [0.1, 0.15) is 11.6 Å². The van der Waals surface area contributed by atoms with Crippen LogP contribution in [0.4, 0.5) is 17.3 Å². The molecule has 5 nitrogen and oxygen atoms in total. The fraction of sp³-hybridized carbons (Fsp3) is 0.333. The van der Waals surface area contributed by atoms with Crippen LogP contribution in [0.15, 0.2) is 34.9 Å². The molecule has 0 saturated carbocycles. The summed E-state index contributed by atoms with van der Waals surface area (Å²) in [7, 11) is 0. The van der Waals surface area contributed by atoms with E-state index in [-0.39, 0.29) is 0 Å².